The van der Waals surface area contributed by atoms with E-state index in [1.54, 1.807) is 11.8 Å². The molecule has 0 aromatic heterocycles. The summed E-state index contributed by atoms with van der Waals surface area (Å²) >= 11 is 6.73. The van der Waals surface area contributed by atoms with Crippen LogP contribution in [0.25, 0.3) is 0 Å². The van der Waals surface area contributed by atoms with Gasteiger partial charge in [0.1, 0.15) is 4.32 Å². The van der Waals surface area contributed by atoms with Crippen molar-refractivity contribution in [2.75, 3.05) is 11.1 Å². The van der Waals surface area contributed by atoms with Crippen LogP contribution in [0.1, 0.15) is 6.92 Å². The largest absolute Gasteiger partial charge is 0.341 e. The van der Waals surface area contributed by atoms with Crippen molar-refractivity contribution in [1.82, 2.24) is 0 Å². The SMILES string of the molecule is CCSC(=S)Nc1ccccc1.[Zn]. The van der Waals surface area contributed by atoms with Crippen molar-refractivity contribution in [2.24, 2.45) is 0 Å². The summed E-state index contributed by atoms with van der Waals surface area (Å²) in [6.07, 6.45) is 0. The van der Waals surface area contributed by atoms with Gasteiger partial charge in [-0.2, -0.15) is 0 Å². The van der Waals surface area contributed by atoms with Crippen LogP contribution in [0.2, 0.25) is 0 Å². The number of thiocarbonyl (C=S) groups is 1. The van der Waals surface area contributed by atoms with Gasteiger partial charge < -0.3 is 5.32 Å². The van der Waals surface area contributed by atoms with Gasteiger partial charge in [-0.25, -0.2) is 0 Å². The third-order valence-corrected chi connectivity index (χ3v) is 2.40. The Morgan fingerprint density at radius 2 is 2.00 bits per heavy atom. The predicted octanol–water partition coefficient (Wildman–Crippen LogP) is 3.13. The molecule has 0 aliphatic rings. The summed E-state index contributed by atoms with van der Waals surface area (Å²) in [5.41, 5.74) is 1.06. The fourth-order valence-corrected chi connectivity index (χ4v) is 1.73. The van der Waals surface area contributed by atoms with E-state index in [-0.39, 0.29) is 19.5 Å². The first kappa shape index (κ1) is 13.1. The minimum atomic E-state index is 0. The summed E-state index contributed by atoms with van der Waals surface area (Å²) < 4.78 is 0.837. The first-order chi connectivity index (χ1) is 5.83. The molecule has 1 rings (SSSR count). The van der Waals surface area contributed by atoms with Gasteiger partial charge in [-0.1, -0.05) is 49.1 Å². The number of para-hydroxylation sites is 1. The molecule has 1 aromatic carbocycles. The first-order valence-corrected chi connectivity index (χ1v) is 5.21. The number of nitrogens with one attached hydrogen (secondary N) is 1. The summed E-state index contributed by atoms with van der Waals surface area (Å²) in [6.45, 7) is 2.09. The zero-order valence-electron chi connectivity index (χ0n) is 7.62. The quantitative estimate of drug-likeness (QED) is 0.650. The summed E-state index contributed by atoms with van der Waals surface area (Å²) in [5.74, 6) is 1.01. The third kappa shape index (κ3) is 5.40. The average Bonchev–Trinajstić information content (AvgIpc) is 2.06. The number of rotatable bonds is 2. The van der Waals surface area contributed by atoms with E-state index in [2.05, 4.69) is 12.2 Å². The molecule has 0 bridgehead atoms. The van der Waals surface area contributed by atoms with Crippen molar-refractivity contribution in [3.8, 4) is 0 Å². The van der Waals surface area contributed by atoms with Gasteiger partial charge in [0.2, 0.25) is 0 Å². The molecule has 1 aromatic rings. The fraction of sp³-hybridized carbons (Fsp3) is 0.222. The van der Waals surface area contributed by atoms with Gasteiger partial charge >= 0.3 is 0 Å². The van der Waals surface area contributed by atoms with Gasteiger partial charge in [0.15, 0.2) is 0 Å². The Hall–Kier alpha value is 0.0834. The molecule has 0 aliphatic carbocycles. The summed E-state index contributed by atoms with van der Waals surface area (Å²) in [4.78, 5) is 0. The average molecular weight is 263 g/mol. The molecule has 0 radical (unpaired) electrons. The van der Waals surface area contributed by atoms with Gasteiger partial charge in [0.05, 0.1) is 0 Å². The molecule has 13 heavy (non-hydrogen) atoms. The maximum Gasteiger partial charge on any atom is 0.138 e. The van der Waals surface area contributed by atoms with Crippen molar-refractivity contribution in [1.29, 1.82) is 0 Å². The van der Waals surface area contributed by atoms with Crippen molar-refractivity contribution >= 4 is 34.0 Å². The molecule has 1 N–H and O–H groups in total. The molecule has 0 unspecified atom stereocenters. The molecule has 0 amide bonds. The zero-order chi connectivity index (χ0) is 8.81. The summed E-state index contributed by atoms with van der Waals surface area (Å²) in [5, 5.41) is 3.14. The van der Waals surface area contributed by atoms with Crippen LogP contribution in [0.4, 0.5) is 5.69 Å². The molecule has 0 aliphatic heterocycles. The molecular formula is C9H11NS2Zn. The van der Waals surface area contributed by atoms with E-state index in [9.17, 15) is 0 Å². The molecule has 0 saturated carbocycles. The zero-order valence-corrected chi connectivity index (χ0v) is 12.2. The smallest absolute Gasteiger partial charge is 0.138 e. The Balaban J connectivity index is 0.00000144. The first-order valence-electron chi connectivity index (χ1n) is 3.81. The Morgan fingerprint density at radius 3 is 2.54 bits per heavy atom. The van der Waals surface area contributed by atoms with E-state index in [0.29, 0.717) is 0 Å². The van der Waals surface area contributed by atoms with Gasteiger partial charge in [0.25, 0.3) is 0 Å². The molecule has 1 nitrogen and oxygen atoms in total. The van der Waals surface area contributed by atoms with Crippen LogP contribution < -0.4 is 5.32 Å². The number of benzene rings is 1. The van der Waals surface area contributed by atoms with Crippen molar-refractivity contribution in [2.45, 2.75) is 6.92 Å². The maximum atomic E-state index is 5.09. The van der Waals surface area contributed by atoms with Gasteiger partial charge in [-0.15, -0.1) is 0 Å². The number of hydrogen-bond donors (Lipinski definition) is 1. The second kappa shape index (κ2) is 7.48. The predicted molar refractivity (Wildman–Crippen MR) is 60.8 cm³/mol. The minimum absolute atomic E-state index is 0. The van der Waals surface area contributed by atoms with Crippen LogP contribution >= 0.6 is 24.0 Å². The van der Waals surface area contributed by atoms with Crippen LogP contribution in [0.5, 0.6) is 0 Å². The van der Waals surface area contributed by atoms with E-state index >= 15 is 0 Å². The van der Waals surface area contributed by atoms with Crippen LogP contribution in [0, 0.1) is 0 Å². The summed E-state index contributed by atoms with van der Waals surface area (Å²) in [7, 11) is 0. The third-order valence-electron chi connectivity index (χ3n) is 1.30. The van der Waals surface area contributed by atoms with E-state index in [4.69, 9.17) is 12.2 Å². The summed E-state index contributed by atoms with van der Waals surface area (Å²) in [6, 6.07) is 9.97. The number of hydrogen-bond acceptors (Lipinski definition) is 2. The van der Waals surface area contributed by atoms with Gasteiger partial charge in [-0.05, 0) is 17.9 Å². The standard InChI is InChI=1S/C9H11NS2.Zn/c1-2-12-9(11)10-8-6-4-3-5-7-8;/h3-7H,2H2,1H3,(H,10,11);. The van der Waals surface area contributed by atoms with Gasteiger partial charge in [0, 0.05) is 25.2 Å². The van der Waals surface area contributed by atoms with E-state index in [0.717, 1.165) is 15.8 Å². The fourth-order valence-electron chi connectivity index (χ4n) is 0.807. The molecule has 66 valence electrons. The van der Waals surface area contributed by atoms with Crippen molar-refractivity contribution in [3.05, 3.63) is 30.3 Å². The number of anilines is 1. The van der Waals surface area contributed by atoms with Crippen LogP contribution in [-0.4, -0.2) is 10.1 Å². The molecule has 0 fully saturated rings. The van der Waals surface area contributed by atoms with Crippen molar-refractivity contribution in [3.63, 3.8) is 0 Å². The minimum Gasteiger partial charge on any atom is -0.341 e. The molecule has 0 saturated heterocycles. The Labute approximate surface area is 101 Å². The maximum absolute atomic E-state index is 5.09. The Kier molecular flexibility index (Phi) is 7.53. The van der Waals surface area contributed by atoms with E-state index in [1.807, 2.05) is 30.3 Å². The molecular weight excluding hydrogens is 252 g/mol. The molecule has 0 spiro atoms. The second-order valence-electron chi connectivity index (χ2n) is 2.21. The normalized spacial score (nSPS) is 8.69. The van der Waals surface area contributed by atoms with Gasteiger partial charge in [-0.3, -0.25) is 0 Å². The van der Waals surface area contributed by atoms with E-state index in [1.165, 1.54) is 0 Å². The monoisotopic (exact) mass is 261 g/mol. The van der Waals surface area contributed by atoms with Crippen molar-refractivity contribution < 1.29 is 19.5 Å². The molecule has 0 atom stereocenters. The second-order valence-corrected chi connectivity index (χ2v) is 4.15. The topological polar surface area (TPSA) is 12.0 Å². The molecule has 4 heteroatoms. The Bertz CT molecular complexity index is 251. The van der Waals surface area contributed by atoms with Crippen LogP contribution in [0.3, 0.4) is 0 Å². The van der Waals surface area contributed by atoms with Crippen LogP contribution in [0.15, 0.2) is 30.3 Å². The molecule has 0 heterocycles. The van der Waals surface area contributed by atoms with Crippen LogP contribution in [-0.2, 0) is 19.5 Å². The van der Waals surface area contributed by atoms with E-state index < -0.39 is 0 Å². The number of thioether (sulfide) groups is 1. The Morgan fingerprint density at radius 1 is 1.38 bits per heavy atom.